The summed E-state index contributed by atoms with van der Waals surface area (Å²) in [7, 11) is 0. The van der Waals surface area contributed by atoms with Gasteiger partial charge in [0.25, 0.3) is 0 Å². The van der Waals surface area contributed by atoms with E-state index in [2.05, 4.69) is 4.99 Å². The number of hydrogen-bond donors (Lipinski definition) is 0. The van der Waals surface area contributed by atoms with E-state index in [1.54, 1.807) is 24.4 Å². The first-order chi connectivity index (χ1) is 14.6. The third-order valence-electron chi connectivity index (χ3n) is 4.11. The zero-order valence-electron chi connectivity index (χ0n) is 16.9. The number of halogens is 2. The van der Waals surface area contributed by atoms with Gasteiger partial charge in [-0.2, -0.15) is 0 Å². The van der Waals surface area contributed by atoms with Gasteiger partial charge in [0.15, 0.2) is 11.5 Å². The van der Waals surface area contributed by atoms with Crippen LogP contribution in [0.15, 0.2) is 65.7 Å². The SMILES string of the molecule is CCOc1ccc(N=Cc2cc(Cl)c(OCc3cccc(F)c3)c(OCC)c2)cc1. The molecule has 0 aliphatic heterocycles. The van der Waals surface area contributed by atoms with Gasteiger partial charge in [0.1, 0.15) is 18.2 Å². The van der Waals surface area contributed by atoms with Crippen molar-refractivity contribution < 1.29 is 18.6 Å². The van der Waals surface area contributed by atoms with Crippen LogP contribution in [0.25, 0.3) is 0 Å². The minimum atomic E-state index is -0.312. The quantitative estimate of drug-likeness (QED) is 0.361. The monoisotopic (exact) mass is 427 g/mol. The summed E-state index contributed by atoms with van der Waals surface area (Å²) in [5, 5.41) is 0.394. The summed E-state index contributed by atoms with van der Waals surface area (Å²) in [6.07, 6.45) is 1.71. The summed E-state index contributed by atoms with van der Waals surface area (Å²) in [6, 6.07) is 17.3. The minimum absolute atomic E-state index is 0.178. The Kier molecular flexibility index (Phi) is 7.69. The Bertz CT molecular complexity index is 1010. The summed E-state index contributed by atoms with van der Waals surface area (Å²) in [4.78, 5) is 4.48. The van der Waals surface area contributed by atoms with Crippen molar-refractivity contribution in [1.82, 2.24) is 0 Å². The van der Waals surface area contributed by atoms with Gasteiger partial charge in [-0.05, 0) is 73.5 Å². The first-order valence-corrected chi connectivity index (χ1v) is 10.1. The molecule has 0 heterocycles. The zero-order chi connectivity index (χ0) is 21.3. The molecule has 3 aromatic carbocycles. The van der Waals surface area contributed by atoms with Gasteiger partial charge in [0.05, 0.1) is 23.9 Å². The van der Waals surface area contributed by atoms with Crippen molar-refractivity contribution in [3.63, 3.8) is 0 Å². The average Bonchev–Trinajstić information content (AvgIpc) is 2.73. The van der Waals surface area contributed by atoms with Crippen molar-refractivity contribution in [1.29, 1.82) is 0 Å². The molecule has 0 aromatic heterocycles. The van der Waals surface area contributed by atoms with E-state index in [1.165, 1.54) is 12.1 Å². The van der Waals surface area contributed by atoms with Crippen LogP contribution in [0.3, 0.4) is 0 Å². The number of nitrogens with zero attached hydrogens (tertiary/aromatic N) is 1. The summed E-state index contributed by atoms with van der Waals surface area (Å²) in [6.45, 7) is 5.07. The predicted molar refractivity (Wildman–Crippen MR) is 118 cm³/mol. The highest BCUT2D eigenvalue weighted by atomic mass is 35.5. The van der Waals surface area contributed by atoms with Gasteiger partial charge in [0.2, 0.25) is 0 Å². The van der Waals surface area contributed by atoms with Gasteiger partial charge in [0, 0.05) is 6.21 Å². The Balaban J connectivity index is 1.77. The van der Waals surface area contributed by atoms with Crippen molar-refractivity contribution in [3.05, 3.63) is 82.6 Å². The molecule has 3 rings (SSSR count). The second kappa shape index (κ2) is 10.6. The topological polar surface area (TPSA) is 40.0 Å². The highest BCUT2D eigenvalue weighted by molar-refractivity contribution is 6.32. The van der Waals surface area contributed by atoms with Crippen LogP contribution in [0.1, 0.15) is 25.0 Å². The highest BCUT2D eigenvalue weighted by Gasteiger charge is 2.13. The van der Waals surface area contributed by atoms with E-state index < -0.39 is 0 Å². The van der Waals surface area contributed by atoms with Gasteiger partial charge in [-0.1, -0.05) is 23.7 Å². The lowest BCUT2D eigenvalue weighted by molar-refractivity contribution is 0.269. The normalized spacial score (nSPS) is 10.9. The fraction of sp³-hybridized carbons (Fsp3) is 0.208. The Hall–Kier alpha value is -3.05. The second-order valence-corrected chi connectivity index (χ2v) is 6.77. The fourth-order valence-corrected chi connectivity index (χ4v) is 3.07. The van der Waals surface area contributed by atoms with Crippen LogP contribution in [-0.2, 0) is 6.61 Å². The number of ether oxygens (including phenoxy) is 3. The van der Waals surface area contributed by atoms with Gasteiger partial charge < -0.3 is 14.2 Å². The Labute approximate surface area is 180 Å². The van der Waals surface area contributed by atoms with E-state index in [4.69, 9.17) is 25.8 Å². The van der Waals surface area contributed by atoms with Gasteiger partial charge in [-0.25, -0.2) is 4.39 Å². The van der Waals surface area contributed by atoms with Crippen molar-refractivity contribution >= 4 is 23.5 Å². The molecule has 0 atom stereocenters. The molecular formula is C24H23ClFNO3. The van der Waals surface area contributed by atoms with Crippen LogP contribution in [0, 0.1) is 5.82 Å². The van der Waals surface area contributed by atoms with E-state index >= 15 is 0 Å². The lowest BCUT2D eigenvalue weighted by Gasteiger charge is -2.14. The molecule has 0 saturated heterocycles. The molecule has 30 heavy (non-hydrogen) atoms. The minimum Gasteiger partial charge on any atom is -0.494 e. The molecule has 0 N–H and O–H groups in total. The van der Waals surface area contributed by atoms with E-state index in [0.29, 0.717) is 35.3 Å². The summed E-state index contributed by atoms with van der Waals surface area (Å²) >= 11 is 6.45. The van der Waals surface area contributed by atoms with Gasteiger partial charge >= 0.3 is 0 Å². The Morgan fingerprint density at radius 3 is 2.40 bits per heavy atom. The molecule has 0 spiro atoms. The summed E-state index contributed by atoms with van der Waals surface area (Å²) in [5.74, 6) is 1.42. The number of benzene rings is 3. The molecule has 0 bridgehead atoms. The third kappa shape index (κ3) is 5.97. The van der Waals surface area contributed by atoms with Crippen LogP contribution in [0.4, 0.5) is 10.1 Å². The summed E-state index contributed by atoms with van der Waals surface area (Å²) < 4.78 is 30.4. The molecular weight excluding hydrogens is 405 g/mol. The third-order valence-corrected chi connectivity index (χ3v) is 4.40. The molecule has 0 fully saturated rings. The maximum atomic E-state index is 13.4. The van der Waals surface area contributed by atoms with Gasteiger partial charge in [-0.15, -0.1) is 0 Å². The molecule has 3 aromatic rings. The zero-order valence-corrected chi connectivity index (χ0v) is 17.7. The van der Waals surface area contributed by atoms with Crippen LogP contribution in [-0.4, -0.2) is 19.4 Å². The molecule has 156 valence electrons. The number of rotatable bonds is 9. The van der Waals surface area contributed by atoms with Crippen molar-refractivity contribution in [3.8, 4) is 17.2 Å². The predicted octanol–water partition coefficient (Wildman–Crippen LogP) is 6.61. The summed E-state index contributed by atoms with van der Waals surface area (Å²) in [5.41, 5.74) is 2.27. The molecule has 0 saturated carbocycles. The first-order valence-electron chi connectivity index (χ1n) is 9.69. The molecule has 0 aliphatic rings. The standard InChI is InChI=1S/C24H23ClFNO3/c1-3-28-21-10-8-20(9-11-21)27-15-18-13-22(25)24(23(14-18)29-4-2)30-16-17-6-5-7-19(26)12-17/h5-15H,3-4,16H2,1-2H3. The lowest BCUT2D eigenvalue weighted by atomic mass is 10.2. The first kappa shape index (κ1) is 21.7. The molecule has 0 aliphatic carbocycles. The van der Waals surface area contributed by atoms with E-state index in [0.717, 1.165) is 17.0 Å². The largest absolute Gasteiger partial charge is 0.494 e. The van der Waals surface area contributed by atoms with Gasteiger partial charge in [-0.3, -0.25) is 4.99 Å². The maximum Gasteiger partial charge on any atom is 0.180 e. The van der Waals surface area contributed by atoms with Crippen molar-refractivity contribution in [2.45, 2.75) is 20.5 Å². The smallest absolute Gasteiger partial charge is 0.180 e. The van der Waals surface area contributed by atoms with E-state index in [-0.39, 0.29) is 12.4 Å². The number of aliphatic imine (C=N–C) groups is 1. The molecule has 0 amide bonds. The Morgan fingerprint density at radius 2 is 1.70 bits per heavy atom. The van der Waals surface area contributed by atoms with E-state index in [9.17, 15) is 4.39 Å². The van der Waals surface area contributed by atoms with Crippen molar-refractivity contribution in [2.24, 2.45) is 4.99 Å². The molecule has 6 heteroatoms. The average molecular weight is 428 g/mol. The van der Waals surface area contributed by atoms with Crippen molar-refractivity contribution in [2.75, 3.05) is 13.2 Å². The van der Waals surface area contributed by atoms with Crippen LogP contribution in [0.2, 0.25) is 5.02 Å². The van der Waals surface area contributed by atoms with Crippen LogP contribution in [0.5, 0.6) is 17.2 Å². The number of hydrogen-bond acceptors (Lipinski definition) is 4. The molecule has 0 unspecified atom stereocenters. The maximum absolute atomic E-state index is 13.4. The van der Waals surface area contributed by atoms with Crippen LogP contribution < -0.4 is 14.2 Å². The fourth-order valence-electron chi connectivity index (χ4n) is 2.79. The Morgan fingerprint density at radius 1 is 0.933 bits per heavy atom. The van der Waals surface area contributed by atoms with Crippen LogP contribution >= 0.6 is 11.6 Å². The lowest BCUT2D eigenvalue weighted by Crippen LogP contribution is -2.01. The second-order valence-electron chi connectivity index (χ2n) is 6.37. The van der Waals surface area contributed by atoms with E-state index in [1.807, 2.05) is 44.2 Å². The molecule has 0 radical (unpaired) electrons. The highest BCUT2D eigenvalue weighted by Crippen LogP contribution is 2.37. The molecule has 4 nitrogen and oxygen atoms in total.